The monoisotopic (exact) mass is 642 g/mol. The van der Waals surface area contributed by atoms with Crippen molar-refractivity contribution in [3.8, 4) is 23.5 Å². The molecule has 2 aromatic heterocycles. The number of carbonyl (C=O) groups is 4. The van der Waals surface area contributed by atoms with E-state index < -0.39 is 102 Å². The Morgan fingerprint density at radius 3 is 1.12 bits per heavy atom. The minimum absolute atomic E-state index is 0.160. The van der Waals surface area contributed by atoms with Crippen molar-refractivity contribution in [3.63, 3.8) is 0 Å². The number of carboxylic acids is 2. The zero-order valence-corrected chi connectivity index (χ0v) is 22.3. The average molecular weight is 643 g/mol. The fourth-order valence-electron chi connectivity index (χ4n) is 4.26. The Morgan fingerprint density at radius 1 is 0.667 bits per heavy atom. The van der Waals surface area contributed by atoms with Crippen LogP contribution in [-0.2, 0) is 58.6 Å². The maximum atomic E-state index is 13.2. The van der Waals surface area contributed by atoms with Crippen molar-refractivity contribution >= 4 is 44.1 Å². The van der Waals surface area contributed by atoms with Crippen LogP contribution >= 0.6 is 0 Å². The van der Waals surface area contributed by atoms with Gasteiger partial charge in [-0.15, -0.1) is 0 Å². The molecule has 0 aromatic carbocycles. The van der Waals surface area contributed by atoms with Gasteiger partial charge in [0.1, 0.15) is 12.2 Å². The molecule has 0 radical (unpaired) electrons. The van der Waals surface area contributed by atoms with Crippen molar-refractivity contribution in [3.05, 3.63) is 24.3 Å². The summed E-state index contributed by atoms with van der Waals surface area (Å²) in [5.74, 6) is -13.2. The lowest BCUT2D eigenvalue weighted by Crippen LogP contribution is -2.56. The van der Waals surface area contributed by atoms with Gasteiger partial charge in [0.25, 0.3) is 9.74 Å². The van der Waals surface area contributed by atoms with Crippen molar-refractivity contribution in [2.24, 2.45) is 0 Å². The number of nitrogens with zero attached hydrogens (tertiary/aromatic N) is 2. The summed E-state index contributed by atoms with van der Waals surface area (Å²) < 4.78 is 78.9. The van der Waals surface area contributed by atoms with Gasteiger partial charge in [-0.1, -0.05) is 0 Å². The second-order valence-corrected chi connectivity index (χ2v) is 12.1. The van der Waals surface area contributed by atoms with Crippen LogP contribution in [0.1, 0.15) is 25.7 Å². The number of hydrogen-bond donors (Lipinski definition) is 8. The van der Waals surface area contributed by atoms with E-state index in [0.29, 0.717) is 24.3 Å². The quantitative estimate of drug-likeness (QED) is 0.0960. The zero-order chi connectivity index (χ0) is 32.0. The normalized spacial score (nSPS) is 20.0. The smallest absolute Gasteiger partial charge is 0.352 e. The van der Waals surface area contributed by atoms with E-state index in [-0.39, 0.29) is 22.0 Å². The van der Waals surface area contributed by atoms with E-state index >= 15 is 0 Å². The molecule has 22 heteroatoms. The average Bonchev–Trinajstić information content (AvgIpc) is 3.34. The summed E-state index contributed by atoms with van der Waals surface area (Å²) in [5, 5.41) is 58.7. The van der Waals surface area contributed by atoms with Gasteiger partial charge >= 0.3 is 44.1 Å². The van der Waals surface area contributed by atoms with Gasteiger partial charge in [0.15, 0.2) is 23.5 Å². The first kappa shape index (κ1) is 32.0. The van der Waals surface area contributed by atoms with E-state index in [2.05, 4.69) is 0 Å². The molecule has 0 spiro atoms. The topological polar surface area (TPSA) is 327 Å². The predicted octanol–water partition coefficient (Wildman–Crippen LogP) is -1.54. The van der Waals surface area contributed by atoms with Crippen LogP contribution in [0.3, 0.4) is 0 Å². The molecular weight excluding hydrogens is 620 g/mol. The summed E-state index contributed by atoms with van der Waals surface area (Å²) >= 11 is 0. The van der Waals surface area contributed by atoms with Gasteiger partial charge in [-0.2, -0.15) is 16.8 Å². The molecule has 4 atom stereocenters. The summed E-state index contributed by atoms with van der Waals surface area (Å²) in [6.07, 6.45) is -7.72. The minimum atomic E-state index is -5.91. The van der Waals surface area contributed by atoms with E-state index in [4.69, 9.17) is 9.47 Å². The van der Waals surface area contributed by atoms with Crippen LogP contribution in [0.5, 0.6) is 23.5 Å². The van der Waals surface area contributed by atoms with Gasteiger partial charge in [0, 0.05) is 24.3 Å². The molecule has 0 aliphatic heterocycles. The van der Waals surface area contributed by atoms with Crippen LogP contribution in [0.4, 0.5) is 0 Å². The zero-order valence-electron chi connectivity index (χ0n) is 20.7. The lowest BCUT2D eigenvalue weighted by atomic mass is 9.91. The van der Waals surface area contributed by atoms with E-state index in [1.54, 1.807) is 0 Å². The Morgan fingerprint density at radius 2 is 0.929 bits per heavy atom. The molecule has 4 unspecified atom stereocenters. The van der Waals surface area contributed by atoms with Crippen molar-refractivity contribution in [1.82, 2.24) is 9.13 Å². The molecule has 8 N–H and O–H groups in total. The molecule has 1 aliphatic rings. The van der Waals surface area contributed by atoms with E-state index in [1.807, 2.05) is 0 Å². The summed E-state index contributed by atoms with van der Waals surface area (Å²) in [7, 11) is -11.8. The Hall–Kier alpha value is -4.54. The first-order valence-electron chi connectivity index (χ1n) is 11.2. The van der Waals surface area contributed by atoms with Crippen molar-refractivity contribution in [1.29, 1.82) is 0 Å². The third-order valence-electron chi connectivity index (χ3n) is 6.34. The summed E-state index contributed by atoms with van der Waals surface area (Å²) in [4.78, 5) is 41.9. The van der Waals surface area contributed by atoms with Crippen LogP contribution < -0.4 is 0 Å². The third-order valence-corrected chi connectivity index (χ3v) is 9.04. The van der Waals surface area contributed by atoms with Gasteiger partial charge < -0.3 is 40.1 Å². The fourth-order valence-corrected chi connectivity index (χ4v) is 6.22. The standard InChI is InChI=1S/C20H22N2O18S2/c23-11-3-4-12(24)21(11)19(7-15(27)28,41(33,34)35)17(31)39-9-1-2-10(9)40-18(32)20(8-16(29)30,42(36,37)38)22-13(25)5-6-14(22)26/h3-6,9-10,23-26H,1-2,7-8H2,(H,27,28)(H,29,30)(H,33,34,35)(H,36,37,38). The van der Waals surface area contributed by atoms with Gasteiger partial charge in [0.2, 0.25) is 0 Å². The Balaban J connectivity index is 2.03. The second kappa shape index (κ2) is 10.7. The van der Waals surface area contributed by atoms with Gasteiger partial charge in [0.05, 0.1) is 12.8 Å². The second-order valence-electron chi connectivity index (χ2n) is 8.90. The molecule has 20 nitrogen and oxygen atoms in total. The predicted molar refractivity (Wildman–Crippen MR) is 128 cm³/mol. The number of carbonyl (C=O) groups excluding carboxylic acids is 2. The molecule has 42 heavy (non-hydrogen) atoms. The lowest BCUT2D eigenvalue weighted by molar-refractivity contribution is -0.189. The van der Waals surface area contributed by atoms with E-state index in [1.165, 1.54) is 0 Å². The fraction of sp³-hybridized carbons (Fsp3) is 0.400. The molecule has 1 saturated carbocycles. The van der Waals surface area contributed by atoms with E-state index in [0.717, 1.165) is 0 Å². The first-order chi connectivity index (χ1) is 19.2. The molecular formula is C20H22N2O18S2. The maximum absolute atomic E-state index is 13.2. The van der Waals surface area contributed by atoms with Gasteiger partial charge in [-0.3, -0.25) is 27.8 Å². The van der Waals surface area contributed by atoms with Crippen LogP contribution in [0, 0.1) is 0 Å². The lowest BCUT2D eigenvalue weighted by Gasteiger charge is -2.39. The largest absolute Gasteiger partial charge is 0.494 e. The highest BCUT2D eigenvalue weighted by molar-refractivity contribution is 7.87. The third kappa shape index (κ3) is 5.15. The number of ether oxygens (including phenoxy) is 2. The van der Waals surface area contributed by atoms with Crippen molar-refractivity contribution < 1.29 is 85.2 Å². The van der Waals surface area contributed by atoms with Gasteiger partial charge in [-0.05, 0) is 12.8 Å². The molecule has 0 saturated heterocycles. The number of aliphatic carboxylic acids is 2. The maximum Gasteiger partial charge on any atom is 0.352 e. The van der Waals surface area contributed by atoms with Crippen molar-refractivity contribution in [2.45, 2.75) is 47.6 Å². The summed E-state index contributed by atoms with van der Waals surface area (Å²) in [6.45, 7) is 0. The molecule has 1 fully saturated rings. The number of aromatic hydroxyl groups is 4. The Kier molecular flexibility index (Phi) is 8.15. The molecule has 3 rings (SSSR count). The van der Waals surface area contributed by atoms with Crippen molar-refractivity contribution in [2.75, 3.05) is 0 Å². The van der Waals surface area contributed by atoms with Crippen LogP contribution in [0.15, 0.2) is 24.3 Å². The molecule has 232 valence electrons. The molecule has 1 aliphatic carbocycles. The van der Waals surface area contributed by atoms with Crippen LogP contribution in [0.2, 0.25) is 0 Å². The highest BCUT2D eigenvalue weighted by Gasteiger charge is 2.61. The number of carboxylic acid groups (broad SMARTS) is 2. The Bertz CT molecular complexity index is 1500. The molecule has 0 amide bonds. The first-order valence-corrected chi connectivity index (χ1v) is 14.1. The summed E-state index contributed by atoms with van der Waals surface area (Å²) in [5.41, 5.74) is 0. The van der Waals surface area contributed by atoms with E-state index in [9.17, 15) is 75.8 Å². The summed E-state index contributed by atoms with van der Waals surface area (Å²) in [6, 6.07) is 2.56. The molecule has 2 heterocycles. The highest BCUT2D eigenvalue weighted by atomic mass is 32.2. The number of rotatable bonds is 12. The number of hydrogen-bond acceptors (Lipinski definition) is 14. The van der Waals surface area contributed by atoms with Gasteiger partial charge in [-0.25, -0.2) is 9.59 Å². The Labute approximate surface area is 234 Å². The van der Waals surface area contributed by atoms with Crippen LogP contribution in [-0.4, -0.2) is 102 Å². The molecule has 0 bridgehead atoms. The highest BCUT2D eigenvalue weighted by Crippen LogP contribution is 2.42. The van der Waals surface area contributed by atoms with Crippen LogP contribution in [0.25, 0.3) is 0 Å². The number of esters is 2. The minimum Gasteiger partial charge on any atom is -0.494 e. The number of aromatic nitrogens is 2. The SMILES string of the molecule is O=C(O)CC(C(=O)OC1CCC1OC(=O)C(CC(=O)O)(n1c(O)ccc1O)S(=O)(=O)O)(n1c(O)ccc1O)S(=O)(=O)O. The molecule has 2 aromatic rings.